The number of amides is 1. The summed E-state index contributed by atoms with van der Waals surface area (Å²) in [6.45, 7) is 0.156. The second kappa shape index (κ2) is 6.88. The van der Waals surface area contributed by atoms with Gasteiger partial charge in [0.2, 0.25) is 0 Å². The van der Waals surface area contributed by atoms with E-state index in [0.29, 0.717) is 11.3 Å². The minimum absolute atomic E-state index is 0.112. The minimum atomic E-state index is -0.537. The molecule has 0 saturated carbocycles. The number of nitrogens with two attached hydrogens (primary N) is 1. The number of non-ortho nitro benzene ring substituents is 1. The molecule has 3 N–H and O–H groups in total. The molecule has 0 aliphatic heterocycles. The molecule has 22 heavy (non-hydrogen) atoms. The average Bonchev–Trinajstić information content (AvgIpc) is 2.53. The number of benzene rings is 2. The van der Waals surface area contributed by atoms with E-state index in [0.717, 1.165) is 5.56 Å². The molecule has 8 heteroatoms. The molecule has 0 unspecified atom stereocenters. The smallest absolute Gasteiger partial charge is 0.271 e. The van der Waals surface area contributed by atoms with Crippen molar-refractivity contribution in [2.75, 3.05) is 0 Å². The lowest BCUT2D eigenvalue weighted by Crippen LogP contribution is -2.30. The lowest BCUT2D eigenvalue weighted by Gasteiger charge is -2.09. The minimum Gasteiger partial charge on any atom is -0.487 e. The number of nitro groups is 1. The molecule has 0 heterocycles. The van der Waals surface area contributed by atoms with Crippen LogP contribution in [0.4, 0.5) is 5.69 Å². The first-order valence-corrected chi connectivity index (χ1v) is 6.55. The number of hydrazine groups is 1. The maximum absolute atomic E-state index is 11.4. The zero-order chi connectivity index (χ0) is 16.1. The van der Waals surface area contributed by atoms with Gasteiger partial charge < -0.3 is 4.74 Å². The maximum Gasteiger partial charge on any atom is 0.271 e. The third-order valence-electron chi connectivity index (χ3n) is 2.84. The molecule has 0 aliphatic rings. The lowest BCUT2D eigenvalue weighted by atomic mass is 10.1. The van der Waals surface area contributed by atoms with Gasteiger partial charge in [0.25, 0.3) is 11.6 Å². The quantitative estimate of drug-likeness (QED) is 0.380. The molecule has 0 radical (unpaired) electrons. The van der Waals surface area contributed by atoms with Gasteiger partial charge in [-0.05, 0) is 23.8 Å². The third kappa shape index (κ3) is 3.72. The first-order chi connectivity index (χ1) is 10.5. The number of carbonyl (C=O) groups excluding carboxylic acids is 1. The Balaban J connectivity index is 2.10. The molecule has 0 spiro atoms. The molecule has 0 bridgehead atoms. The van der Waals surface area contributed by atoms with Crippen molar-refractivity contribution >= 4 is 23.2 Å². The largest absolute Gasteiger partial charge is 0.487 e. The fraction of sp³-hybridized carbons (Fsp3) is 0.0714. The number of nitrogens with zero attached hydrogens (tertiary/aromatic N) is 1. The fourth-order valence-corrected chi connectivity index (χ4v) is 2.00. The number of rotatable bonds is 5. The molecular formula is C14H12ClN3O4. The van der Waals surface area contributed by atoms with Crippen molar-refractivity contribution in [3.8, 4) is 5.75 Å². The first kappa shape index (κ1) is 15.7. The van der Waals surface area contributed by atoms with Crippen molar-refractivity contribution in [1.29, 1.82) is 0 Å². The summed E-state index contributed by atoms with van der Waals surface area (Å²) in [5.74, 6) is 4.99. The predicted octanol–water partition coefficient (Wildman–Crippen LogP) is 2.43. The Kier molecular flexibility index (Phi) is 4.92. The molecular weight excluding hydrogens is 310 g/mol. The Bertz CT molecular complexity index is 721. The standard InChI is InChI=1S/C14H12ClN3O4/c15-12-7-11(18(20)21)4-5-13(12)22-8-9-2-1-3-10(6-9)14(19)17-16/h1-7H,8,16H2,(H,17,19). The summed E-state index contributed by atoms with van der Waals surface area (Å²) in [7, 11) is 0. The van der Waals surface area contributed by atoms with Gasteiger partial charge >= 0.3 is 0 Å². The van der Waals surface area contributed by atoms with Crippen LogP contribution in [0.25, 0.3) is 0 Å². The van der Waals surface area contributed by atoms with E-state index in [-0.39, 0.29) is 17.3 Å². The number of nitrogens with one attached hydrogen (secondary N) is 1. The zero-order valence-electron chi connectivity index (χ0n) is 11.3. The zero-order valence-corrected chi connectivity index (χ0v) is 12.0. The summed E-state index contributed by atoms with van der Waals surface area (Å²) >= 11 is 5.93. The second-order valence-corrected chi connectivity index (χ2v) is 4.74. The number of nitro benzene ring substituents is 1. The summed E-state index contributed by atoms with van der Waals surface area (Å²) < 4.78 is 5.51. The lowest BCUT2D eigenvalue weighted by molar-refractivity contribution is -0.384. The molecule has 2 aromatic rings. The van der Waals surface area contributed by atoms with Crippen molar-refractivity contribution in [2.24, 2.45) is 5.84 Å². The van der Waals surface area contributed by atoms with Crippen molar-refractivity contribution in [2.45, 2.75) is 6.61 Å². The summed E-state index contributed by atoms with van der Waals surface area (Å²) in [6.07, 6.45) is 0. The van der Waals surface area contributed by atoms with Crippen molar-refractivity contribution in [1.82, 2.24) is 5.43 Å². The van der Waals surface area contributed by atoms with Crippen LogP contribution < -0.4 is 16.0 Å². The first-order valence-electron chi connectivity index (χ1n) is 6.18. The highest BCUT2D eigenvalue weighted by Crippen LogP contribution is 2.29. The van der Waals surface area contributed by atoms with Gasteiger partial charge in [-0.25, -0.2) is 5.84 Å². The van der Waals surface area contributed by atoms with Crippen LogP contribution in [-0.2, 0) is 6.61 Å². The normalized spacial score (nSPS) is 10.1. The van der Waals surface area contributed by atoms with Crippen LogP contribution in [0.5, 0.6) is 5.75 Å². The van der Waals surface area contributed by atoms with E-state index in [1.807, 2.05) is 5.43 Å². The molecule has 1 amide bonds. The van der Waals surface area contributed by atoms with E-state index in [1.165, 1.54) is 18.2 Å². The molecule has 0 fully saturated rings. The van der Waals surface area contributed by atoms with Crippen LogP contribution in [0.3, 0.4) is 0 Å². The van der Waals surface area contributed by atoms with E-state index in [4.69, 9.17) is 22.2 Å². The molecule has 114 valence electrons. The SMILES string of the molecule is NNC(=O)c1cccc(COc2ccc([N+](=O)[O-])cc2Cl)c1. The Hall–Kier alpha value is -2.64. The monoisotopic (exact) mass is 321 g/mol. The number of ether oxygens (including phenoxy) is 1. The van der Waals surface area contributed by atoms with Gasteiger partial charge in [0.1, 0.15) is 12.4 Å². The van der Waals surface area contributed by atoms with Gasteiger partial charge in [-0.1, -0.05) is 23.7 Å². The highest BCUT2D eigenvalue weighted by molar-refractivity contribution is 6.32. The van der Waals surface area contributed by atoms with Crippen LogP contribution >= 0.6 is 11.6 Å². The van der Waals surface area contributed by atoms with Crippen LogP contribution in [0.2, 0.25) is 5.02 Å². The van der Waals surface area contributed by atoms with E-state index < -0.39 is 10.8 Å². The molecule has 0 atom stereocenters. The Morgan fingerprint density at radius 2 is 2.09 bits per heavy atom. The van der Waals surface area contributed by atoms with Gasteiger partial charge in [0.05, 0.1) is 9.95 Å². The van der Waals surface area contributed by atoms with Crippen molar-refractivity contribution in [3.05, 3.63) is 68.7 Å². The number of carbonyl (C=O) groups is 1. The molecule has 2 aromatic carbocycles. The Labute approximate surface area is 130 Å². The van der Waals surface area contributed by atoms with E-state index in [2.05, 4.69) is 0 Å². The Morgan fingerprint density at radius 3 is 2.73 bits per heavy atom. The maximum atomic E-state index is 11.4. The van der Waals surface area contributed by atoms with Gasteiger partial charge in [-0.15, -0.1) is 0 Å². The topological polar surface area (TPSA) is 107 Å². The number of halogens is 1. The summed E-state index contributed by atoms with van der Waals surface area (Å²) in [5, 5.41) is 10.8. The Morgan fingerprint density at radius 1 is 1.32 bits per heavy atom. The molecule has 7 nitrogen and oxygen atoms in total. The highest BCUT2D eigenvalue weighted by Gasteiger charge is 2.11. The van der Waals surface area contributed by atoms with Crippen LogP contribution in [0.1, 0.15) is 15.9 Å². The number of hydrogen-bond acceptors (Lipinski definition) is 5. The van der Waals surface area contributed by atoms with Gasteiger partial charge in [-0.3, -0.25) is 20.3 Å². The van der Waals surface area contributed by atoms with Crippen LogP contribution in [0.15, 0.2) is 42.5 Å². The van der Waals surface area contributed by atoms with Gasteiger partial charge in [0, 0.05) is 17.7 Å². The third-order valence-corrected chi connectivity index (χ3v) is 3.14. The van der Waals surface area contributed by atoms with E-state index in [9.17, 15) is 14.9 Å². The van der Waals surface area contributed by atoms with Gasteiger partial charge in [0.15, 0.2) is 0 Å². The van der Waals surface area contributed by atoms with E-state index >= 15 is 0 Å². The molecule has 2 rings (SSSR count). The predicted molar refractivity (Wildman–Crippen MR) is 80.5 cm³/mol. The van der Waals surface area contributed by atoms with Gasteiger partial charge in [-0.2, -0.15) is 0 Å². The van der Waals surface area contributed by atoms with Crippen LogP contribution in [0, 0.1) is 10.1 Å². The summed E-state index contributed by atoms with van der Waals surface area (Å²) in [6, 6.07) is 10.7. The fourth-order valence-electron chi connectivity index (χ4n) is 1.77. The summed E-state index contributed by atoms with van der Waals surface area (Å²) in [5.41, 5.74) is 3.06. The van der Waals surface area contributed by atoms with Crippen molar-refractivity contribution < 1.29 is 14.5 Å². The average molecular weight is 322 g/mol. The van der Waals surface area contributed by atoms with E-state index in [1.54, 1.807) is 24.3 Å². The second-order valence-electron chi connectivity index (χ2n) is 4.33. The number of hydrogen-bond donors (Lipinski definition) is 2. The summed E-state index contributed by atoms with van der Waals surface area (Å²) in [4.78, 5) is 21.5. The molecule has 0 saturated heterocycles. The number of nitrogen functional groups attached to an aromatic ring is 1. The van der Waals surface area contributed by atoms with Crippen molar-refractivity contribution in [3.63, 3.8) is 0 Å². The highest BCUT2D eigenvalue weighted by atomic mass is 35.5. The molecule has 0 aromatic heterocycles. The van der Waals surface area contributed by atoms with Crippen LogP contribution in [-0.4, -0.2) is 10.8 Å². The molecule has 0 aliphatic carbocycles.